The number of hydrogen-bond donors (Lipinski definition) is 1. The van der Waals surface area contributed by atoms with Gasteiger partial charge in [-0.15, -0.1) is 0 Å². The van der Waals surface area contributed by atoms with Crippen LogP contribution < -0.4 is 0 Å². The Hall–Kier alpha value is -1.82. The van der Waals surface area contributed by atoms with E-state index in [-0.39, 0.29) is 0 Å². The van der Waals surface area contributed by atoms with Gasteiger partial charge in [-0.1, -0.05) is 5.16 Å². The lowest BCUT2D eigenvalue weighted by Gasteiger charge is -1.95. The van der Waals surface area contributed by atoms with Crippen molar-refractivity contribution >= 4 is 0 Å². The fourth-order valence-electron chi connectivity index (χ4n) is 1.19. The molecule has 0 amide bonds. The summed E-state index contributed by atoms with van der Waals surface area (Å²) in [7, 11) is 0. The van der Waals surface area contributed by atoms with Crippen LogP contribution in [0.1, 0.15) is 18.4 Å². The number of aryl methyl sites for hydroxylation is 1. The molecule has 0 bridgehead atoms. The summed E-state index contributed by atoms with van der Waals surface area (Å²) >= 11 is 0. The first kappa shape index (κ1) is 10.7. The Labute approximate surface area is 92.4 Å². The van der Waals surface area contributed by atoms with E-state index in [0.29, 0.717) is 24.0 Å². The summed E-state index contributed by atoms with van der Waals surface area (Å²) in [6.07, 6.45) is 3.20. The molecule has 16 heavy (non-hydrogen) atoms. The summed E-state index contributed by atoms with van der Waals surface area (Å²) in [5.74, 6) is 1.15. The minimum atomic E-state index is -0.507. The zero-order valence-corrected chi connectivity index (χ0v) is 9.08. The van der Waals surface area contributed by atoms with Crippen LogP contribution >= 0.6 is 0 Å². The minimum Gasteiger partial charge on any atom is -0.393 e. The first-order valence-corrected chi connectivity index (χ1v) is 4.95. The van der Waals surface area contributed by atoms with Gasteiger partial charge >= 0.3 is 0 Å². The molecule has 84 valence electrons. The molecular weight excluding hydrogens is 208 g/mol. The van der Waals surface area contributed by atoms with E-state index in [2.05, 4.69) is 20.1 Å². The predicted octanol–water partition coefficient (Wildman–Crippen LogP) is 0.758. The molecule has 6 nitrogen and oxygen atoms in total. The number of hydrogen-bond acceptors (Lipinski definition) is 6. The third kappa shape index (κ3) is 2.40. The molecule has 1 unspecified atom stereocenters. The molecule has 0 aromatic carbocycles. The summed E-state index contributed by atoms with van der Waals surface area (Å²) in [6.45, 7) is 3.56. The third-order valence-corrected chi connectivity index (χ3v) is 1.92. The third-order valence-electron chi connectivity index (χ3n) is 1.92. The van der Waals surface area contributed by atoms with Gasteiger partial charge in [-0.05, 0) is 19.4 Å². The van der Waals surface area contributed by atoms with E-state index >= 15 is 0 Å². The summed E-state index contributed by atoms with van der Waals surface area (Å²) < 4.78 is 4.96. The van der Waals surface area contributed by atoms with Gasteiger partial charge in [-0.2, -0.15) is 4.98 Å². The van der Waals surface area contributed by atoms with Gasteiger partial charge < -0.3 is 9.63 Å². The average Bonchev–Trinajstić information content (AvgIpc) is 2.66. The molecule has 0 saturated carbocycles. The molecule has 0 aliphatic heterocycles. The zero-order valence-electron chi connectivity index (χ0n) is 9.08. The van der Waals surface area contributed by atoms with Gasteiger partial charge in [-0.25, -0.2) is 9.97 Å². The number of nitrogens with zero attached hydrogens (tertiary/aromatic N) is 4. The highest BCUT2D eigenvalue weighted by Gasteiger charge is 2.12. The second kappa shape index (κ2) is 4.36. The van der Waals surface area contributed by atoms with E-state index < -0.39 is 6.10 Å². The van der Waals surface area contributed by atoms with Crippen molar-refractivity contribution in [1.82, 2.24) is 20.1 Å². The Balaban J connectivity index is 2.21. The highest BCUT2D eigenvalue weighted by atomic mass is 16.5. The van der Waals surface area contributed by atoms with E-state index in [1.807, 2.05) is 6.92 Å². The van der Waals surface area contributed by atoms with Gasteiger partial charge in [-0.3, -0.25) is 0 Å². The average molecular weight is 220 g/mol. The molecule has 0 aliphatic rings. The van der Waals surface area contributed by atoms with Crippen molar-refractivity contribution in [2.24, 2.45) is 0 Å². The van der Waals surface area contributed by atoms with Crippen LogP contribution in [0.5, 0.6) is 0 Å². The molecule has 6 heteroatoms. The number of aliphatic hydroxyl groups is 1. The molecule has 2 aromatic rings. The lowest BCUT2D eigenvalue weighted by atomic mass is 10.3. The van der Waals surface area contributed by atoms with E-state index in [4.69, 9.17) is 9.63 Å². The maximum absolute atomic E-state index is 9.16. The monoisotopic (exact) mass is 220 g/mol. The molecule has 0 spiro atoms. The number of aromatic nitrogens is 4. The SMILES string of the molecule is Cc1cnc(-c2noc(CC(C)O)n2)nc1. The molecule has 0 radical (unpaired) electrons. The highest BCUT2D eigenvalue weighted by molar-refractivity contribution is 5.40. The normalized spacial score (nSPS) is 12.7. The van der Waals surface area contributed by atoms with Crippen LogP contribution in [0.4, 0.5) is 0 Å². The summed E-state index contributed by atoms with van der Waals surface area (Å²) in [5, 5.41) is 12.9. The first-order chi connectivity index (χ1) is 7.65. The summed E-state index contributed by atoms with van der Waals surface area (Å²) in [6, 6.07) is 0. The molecular formula is C10H12N4O2. The highest BCUT2D eigenvalue weighted by Crippen LogP contribution is 2.10. The molecule has 2 heterocycles. The van der Waals surface area contributed by atoms with Crippen LogP contribution in [-0.4, -0.2) is 31.3 Å². The zero-order chi connectivity index (χ0) is 11.5. The Kier molecular flexibility index (Phi) is 2.91. The Bertz CT molecular complexity index is 464. The standard InChI is InChI=1S/C10H12N4O2/c1-6-4-11-9(12-5-6)10-13-8(16-14-10)3-7(2)15/h4-5,7,15H,3H2,1-2H3. The van der Waals surface area contributed by atoms with Crippen molar-refractivity contribution < 1.29 is 9.63 Å². The number of aliphatic hydroxyl groups excluding tert-OH is 1. The molecule has 2 rings (SSSR count). The van der Waals surface area contributed by atoms with E-state index in [9.17, 15) is 0 Å². The minimum absolute atomic E-state index is 0.332. The van der Waals surface area contributed by atoms with Crippen LogP contribution in [0.2, 0.25) is 0 Å². The first-order valence-electron chi connectivity index (χ1n) is 4.95. The maximum atomic E-state index is 9.16. The van der Waals surface area contributed by atoms with E-state index in [1.54, 1.807) is 19.3 Å². The van der Waals surface area contributed by atoms with Gasteiger partial charge in [0, 0.05) is 12.4 Å². The van der Waals surface area contributed by atoms with Crippen LogP contribution in [0.25, 0.3) is 11.6 Å². The van der Waals surface area contributed by atoms with Gasteiger partial charge in [0.05, 0.1) is 12.5 Å². The van der Waals surface area contributed by atoms with Gasteiger partial charge in [0.2, 0.25) is 17.5 Å². The van der Waals surface area contributed by atoms with Crippen molar-refractivity contribution in [2.45, 2.75) is 26.4 Å². The fourth-order valence-corrected chi connectivity index (χ4v) is 1.19. The quantitative estimate of drug-likeness (QED) is 0.821. The molecule has 0 aliphatic carbocycles. The lowest BCUT2D eigenvalue weighted by molar-refractivity contribution is 0.181. The molecule has 2 aromatic heterocycles. The van der Waals surface area contributed by atoms with Gasteiger partial charge in [0.1, 0.15) is 0 Å². The molecule has 1 N–H and O–H groups in total. The van der Waals surface area contributed by atoms with Crippen molar-refractivity contribution in [3.05, 3.63) is 23.8 Å². The van der Waals surface area contributed by atoms with Crippen LogP contribution in [0.3, 0.4) is 0 Å². The topological polar surface area (TPSA) is 84.9 Å². The molecule has 0 saturated heterocycles. The van der Waals surface area contributed by atoms with Crippen LogP contribution in [0, 0.1) is 6.92 Å². The maximum Gasteiger partial charge on any atom is 0.240 e. The second-order valence-corrected chi connectivity index (χ2v) is 3.65. The van der Waals surface area contributed by atoms with E-state index in [1.165, 1.54) is 0 Å². The Morgan fingerprint density at radius 2 is 2.00 bits per heavy atom. The predicted molar refractivity (Wildman–Crippen MR) is 55.4 cm³/mol. The van der Waals surface area contributed by atoms with Crippen molar-refractivity contribution in [1.29, 1.82) is 0 Å². The summed E-state index contributed by atoms with van der Waals surface area (Å²) in [4.78, 5) is 12.3. The summed E-state index contributed by atoms with van der Waals surface area (Å²) in [5.41, 5.74) is 0.969. The van der Waals surface area contributed by atoms with Crippen LogP contribution in [0.15, 0.2) is 16.9 Å². The van der Waals surface area contributed by atoms with Crippen LogP contribution in [-0.2, 0) is 6.42 Å². The molecule has 1 atom stereocenters. The Morgan fingerprint density at radius 3 is 2.62 bits per heavy atom. The van der Waals surface area contributed by atoms with Crippen molar-refractivity contribution in [2.75, 3.05) is 0 Å². The molecule has 0 fully saturated rings. The lowest BCUT2D eigenvalue weighted by Crippen LogP contribution is -2.04. The van der Waals surface area contributed by atoms with E-state index in [0.717, 1.165) is 5.56 Å². The van der Waals surface area contributed by atoms with Gasteiger partial charge in [0.25, 0.3) is 0 Å². The van der Waals surface area contributed by atoms with Crippen molar-refractivity contribution in [3.8, 4) is 11.6 Å². The fraction of sp³-hybridized carbons (Fsp3) is 0.400. The largest absolute Gasteiger partial charge is 0.393 e. The number of rotatable bonds is 3. The smallest absolute Gasteiger partial charge is 0.240 e. The van der Waals surface area contributed by atoms with Gasteiger partial charge in [0.15, 0.2) is 0 Å². The van der Waals surface area contributed by atoms with Crippen molar-refractivity contribution in [3.63, 3.8) is 0 Å². The Morgan fingerprint density at radius 1 is 1.31 bits per heavy atom. The second-order valence-electron chi connectivity index (χ2n) is 3.65.